The number of amides is 2. The third-order valence-corrected chi connectivity index (χ3v) is 5.34. The first kappa shape index (κ1) is 15.6. The summed E-state index contributed by atoms with van der Waals surface area (Å²) >= 11 is 13.9. The van der Waals surface area contributed by atoms with Crippen LogP contribution in [0.3, 0.4) is 0 Å². The summed E-state index contributed by atoms with van der Waals surface area (Å²) in [5.41, 5.74) is -0.847. The maximum atomic E-state index is 12.4. The van der Waals surface area contributed by atoms with Gasteiger partial charge in [-0.15, -0.1) is 12.6 Å². The Morgan fingerprint density at radius 2 is 2.25 bits per heavy atom. The molecule has 20 heavy (non-hydrogen) atoms. The zero-order valence-electron chi connectivity index (χ0n) is 10.7. The molecule has 1 saturated heterocycles. The van der Waals surface area contributed by atoms with Gasteiger partial charge >= 0.3 is 0 Å². The van der Waals surface area contributed by atoms with Crippen LogP contribution in [-0.4, -0.2) is 32.3 Å². The maximum absolute atomic E-state index is 12.4. The molecule has 1 aliphatic rings. The summed E-state index contributed by atoms with van der Waals surface area (Å²) in [4.78, 5) is 27.5. The Kier molecular flexibility index (Phi) is 4.29. The van der Waals surface area contributed by atoms with Crippen LogP contribution in [0.4, 0.5) is 0 Å². The summed E-state index contributed by atoms with van der Waals surface area (Å²) in [5.74, 6) is -1.35. The van der Waals surface area contributed by atoms with Crippen molar-refractivity contribution in [1.82, 2.24) is 10.0 Å². The number of carbonyl (C=O) groups excluding carboxylic acids is 2. The van der Waals surface area contributed by atoms with Gasteiger partial charge in [0.05, 0.1) is 10.9 Å². The zero-order chi connectivity index (χ0) is 15.1. The quantitative estimate of drug-likeness (QED) is 0.296. The molecule has 2 atom stereocenters. The van der Waals surface area contributed by atoms with E-state index in [9.17, 15) is 14.8 Å². The molecule has 1 aromatic rings. The molecule has 108 valence electrons. The molecule has 2 amide bonds. The molecular formula is C12H14N2O3S3. The number of pyridine rings is 1. The lowest BCUT2D eigenvalue weighted by Gasteiger charge is -2.32. The summed E-state index contributed by atoms with van der Waals surface area (Å²) in [6.07, 6.45) is 1.97. The minimum absolute atomic E-state index is 0.160. The van der Waals surface area contributed by atoms with Gasteiger partial charge in [0.1, 0.15) is 5.41 Å². The smallest absolute Gasteiger partial charge is 0.267 e. The van der Waals surface area contributed by atoms with Crippen molar-refractivity contribution >= 4 is 49.3 Å². The van der Waals surface area contributed by atoms with E-state index in [0.717, 1.165) is 0 Å². The van der Waals surface area contributed by atoms with E-state index in [-0.39, 0.29) is 11.5 Å². The number of nitrogens with zero attached hydrogens (tertiary/aromatic N) is 1. The fraction of sp³-hybridized carbons (Fsp3) is 0.417. The van der Waals surface area contributed by atoms with E-state index >= 15 is 0 Å². The molecule has 0 saturated carbocycles. The van der Waals surface area contributed by atoms with Crippen LogP contribution in [0.15, 0.2) is 17.2 Å². The second-order valence-corrected chi connectivity index (χ2v) is 6.16. The monoisotopic (exact) mass is 330 g/mol. The highest BCUT2D eigenvalue weighted by Crippen LogP contribution is 2.43. The van der Waals surface area contributed by atoms with Crippen LogP contribution < -0.4 is 0 Å². The number of thiol groups is 2. The SMILES string of the molecule is CCC(S)C1(c2[nH]ccc(=S)c2S)CC(=O)N(O)C1=O. The number of aromatic amines is 1. The average Bonchev–Trinajstić information content (AvgIpc) is 2.66. The molecule has 1 aliphatic heterocycles. The second-order valence-electron chi connectivity index (χ2n) is 4.65. The minimum atomic E-state index is -1.27. The van der Waals surface area contributed by atoms with E-state index in [1.807, 2.05) is 6.92 Å². The van der Waals surface area contributed by atoms with Crippen LogP contribution >= 0.6 is 37.5 Å². The van der Waals surface area contributed by atoms with Crippen LogP contribution in [0.5, 0.6) is 0 Å². The Bertz CT molecular complexity index is 631. The van der Waals surface area contributed by atoms with E-state index in [2.05, 4.69) is 30.2 Å². The topological polar surface area (TPSA) is 73.4 Å². The summed E-state index contributed by atoms with van der Waals surface area (Å²) in [6, 6.07) is 1.65. The van der Waals surface area contributed by atoms with Crippen LogP contribution in [0, 0.1) is 4.51 Å². The van der Waals surface area contributed by atoms with Crippen molar-refractivity contribution in [2.45, 2.75) is 35.3 Å². The number of aromatic nitrogens is 1. The Hall–Kier alpha value is -0.830. The van der Waals surface area contributed by atoms with Gasteiger partial charge < -0.3 is 4.98 Å². The van der Waals surface area contributed by atoms with Crippen LogP contribution in [0.2, 0.25) is 0 Å². The maximum Gasteiger partial charge on any atom is 0.267 e. The molecule has 8 heteroatoms. The summed E-state index contributed by atoms with van der Waals surface area (Å²) in [6.45, 7) is 1.85. The van der Waals surface area contributed by atoms with Gasteiger partial charge in [-0.05, 0) is 12.5 Å². The van der Waals surface area contributed by atoms with E-state index in [4.69, 9.17) is 12.2 Å². The molecule has 1 aromatic heterocycles. The van der Waals surface area contributed by atoms with Crippen LogP contribution in [0.25, 0.3) is 0 Å². The second kappa shape index (κ2) is 5.51. The highest BCUT2D eigenvalue weighted by molar-refractivity contribution is 7.81. The molecule has 0 aliphatic carbocycles. The van der Waals surface area contributed by atoms with Crippen LogP contribution in [0.1, 0.15) is 25.5 Å². The van der Waals surface area contributed by atoms with Gasteiger partial charge in [0.2, 0.25) is 0 Å². The number of hydrogen-bond donors (Lipinski definition) is 4. The largest absolute Gasteiger partial charge is 0.363 e. The van der Waals surface area contributed by atoms with Crippen molar-refractivity contribution in [3.05, 3.63) is 22.5 Å². The number of H-pyrrole nitrogens is 1. The van der Waals surface area contributed by atoms with Crippen molar-refractivity contribution in [3.63, 3.8) is 0 Å². The number of hydroxylamine groups is 2. The minimum Gasteiger partial charge on any atom is -0.363 e. The summed E-state index contributed by atoms with van der Waals surface area (Å²) in [7, 11) is 0. The molecule has 2 heterocycles. The molecule has 0 spiro atoms. The van der Waals surface area contributed by atoms with Gasteiger partial charge in [-0.2, -0.15) is 17.7 Å². The van der Waals surface area contributed by atoms with Crippen molar-refractivity contribution in [3.8, 4) is 0 Å². The fourth-order valence-corrected chi connectivity index (χ4v) is 3.31. The molecular weight excluding hydrogens is 316 g/mol. The van der Waals surface area contributed by atoms with Gasteiger partial charge in [0, 0.05) is 22.0 Å². The summed E-state index contributed by atoms with van der Waals surface area (Å²) in [5, 5.41) is 9.32. The third-order valence-electron chi connectivity index (χ3n) is 3.57. The highest BCUT2D eigenvalue weighted by atomic mass is 32.1. The van der Waals surface area contributed by atoms with Crippen molar-refractivity contribution < 1.29 is 14.8 Å². The van der Waals surface area contributed by atoms with Gasteiger partial charge in [0.25, 0.3) is 11.8 Å². The van der Waals surface area contributed by atoms with Crippen molar-refractivity contribution in [1.29, 1.82) is 0 Å². The number of hydrogen-bond acceptors (Lipinski definition) is 6. The lowest BCUT2D eigenvalue weighted by molar-refractivity contribution is -0.172. The van der Waals surface area contributed by atoms with E-state index < -0.39 is 22.5 Å². The Morgan fingerprint density at radius 3 is 2.75 bits per heavy atom. The zero-order valence-corrected chi connectivity index (χ0v) is 13.3. The van der Waals surface area contributed by atoms with E-state index in [0.29, 0.717) is 21.5 Å². The first-order valence-corrected chi connectivity index (χ1v) is 7.39. The molecule has 2 N–H and O–H groups in total. The number of nitrogens with one attached hydrogen (secondary N) is 1. The number of imide groups is 1. The molecule has 0 aromatic carbocycles. The standard InChI is InChI=1S/C12H14N2O3S3/c1-2-7(19)12(5-8(15)14(17)11(12)16)10-9(20)6(18)3-4-13-10/h3-4,7,17,19-20H,2,5H2,1H3,(H,13,18). The molecule has 2 rings (SSSR count). The van der Waals surface area contributed by atoms with Gasteiger partial charge in [-0.3, -0.25) is 14.8 Å². The van der Waals surface area contributed by atoms with Gasteiger partial charge in [-0.25, -0.2) is 0 Å². The van der Waals surface area contributed by atoms with Gasteiger partial charge in [-0.1, -0.05) is 19.1 Å². The van der Waals surface area contributed by atoms with Gasteiger partial charge in [0.15, 0.2) is 0 Å². The lowest BCUT2D eigenvalue weighted by Crippen LogP contribution is -2.44. The lowest BCUT2D eigenvalue weighted by atomic mass is 9.77. The Balaban J connectivity index is 2.72. The molecule has 5 nitrogen and oxygen atoms in total. The average molecular weight is 330 g/mol. The fourth-order valence-electron chi connectivity index (χ4n) is 2.47. The van der Waals surface area contributed by atoms with Crippen molar-refractivity contribution in [2.75, 3.05) is 0 Å². The summed E-state index contributed by atoms with van der Waals surface area (Å²) < 4.78 is 0.467. The first-order valence-electron chi connectivity index (χ1n) is 6.01. The predicted molar refractivity (Wildman–Crippen MR) is 81.9 cm³/mol. The van der Waals surface area contributed by atoms with E-state index in [1.165, 1.54) is 0 Å². The highest BCUT2D eigenvalue weighted by Gasteiger charge is 2.57. The first-order chi connectivity index (χ1) is 9.36. The molecule has 0 bridgehead atoms. The van der Waals surface area contributed by atoms with Crippen molar-refractivity contribution in [2.24, 2.45) is 0 Å². The molecule has 2 unspecified atom stereocenters. The Labute approximate surface area is 132 Å². The predicted octanol–water partition coefficient (Wildman–Crippen LogP) is 2.13. The third kappa shape index (κ3) is 2.11. The molecule has 1 fully saturated rings. The Morgan fingerprint density at radius 1 is 1.60 bits per heavy atom. The number of rotatable bonds is 3. The number of carbonyl (C=O) groups is 2. The normalized spacial score (nSPS) is 24.3. The molecule has 0 radical (unpaired) electrons. The van der Waals surface area contributed by atoms with E-state index in [1.54, 1.807) is 12.3 Å². The van der Waals surface area contributed by atoms with Crippen LogP contribution in [-0.2, 0) is 15.0 Å².